The van der Waals surface area contributed by atoms with Gasteiger partial charge in [-0.1, -0.05) is 18.9 Å². The van der Waals surface area contributed by atoms with Crippen molar-refractivity contribution in [2.75, 3.05) is 0 Å². The Labute approximate surface area is 138 Å². The van der Waals surface area contributed by atoms with E-state index < -0.39 is 0 Å². The lowest BCUT2D eigenvalue weighted by Gasteiger charge is -2.08. The Morgan fingerprint density at radius 3 is 2.68 bits per heavy atom. The number of amides is 1. The molecule has 0 saturated heterocycles. The van der Waals surface area contributed by atoms with E-state index in [4.69, 9.17) is 0 Å². The number of nitrogens with one attached hydrogen (secondary N) is 1. The molecular weight excluding hydrogens is 314 g/mol. The molecule has 0 aromatic carbocycles. The standard InChI is InChI=1S/C17H19NO2S2/c19-16(10-12-4-1-2-5-12)18-11-13-7-8-15(22-13)17(20)14-6-3-9-21-14/h3,6-9,12H,1-2,4-5,10-11H2,(H,18,19). The van der Waals surface area contributed by atoms with Gasteiger partial charge in [0.25, 0.3) is 0 Å². The van der Waals surface area contributed by atoms with Gasteiger partial charge in [0.1, 0.15) is 0 Å². The van der Waals surface area contributed by atoms with Crippen molar-refractivity contribution < 1.29 is 9.59 Å². The molecule has 2 aromatic heterocycles. The highest BCUT2D eigenvalue weighted by atomic mass is 32.1. The second-order valence-electron chi connectivity index (χ2n) is 5.70. The van der Waals surface area contributed by atoms with Gasteiger partial charge in [-0.05, 0) is 42.3 Å². The van der Waals surface area contributed by atoms with Crippen LogP contribution < -0.4 is 5.32 Å². The molecule has 22 heavy (non-hydrogen) atoms. The summed E-state index contributed by atoms with van der Waals surface area (Å²) in [6.45, 7) is 0.522. The first-order chi connectivity index (χ1) is 10.7. The lowest BCUT2D eigenvalue weighted by atomic mass is 10.0. The fourth-order valence-corrected chi connectivity index (χ4v) is 4.50. The van der Waals surface area contributed by atoms with E-state index in [2.05, 4.69) is 5.32 Å². The number of carbonyl (C=O) groups excluding carboxylic acids is 2. The van der Waals surface area contributed by atoms with E-state index in [0.717, 1.165) is 14.6 Å². The Bertz CT molecular complexity index is 639. The van der Waals surface area contributed by atoms with E-state index in [1.54, 1.807) is 0 Å². The van der Waals surface area contributed by atoms with Gasteiger partial charge < -0.3 is 5.32 Å². The SMILES string of the molecule is O=C(CC1CCCC1)NCc1ccc(C(=O)c2cccs2)s1. The topological polar surface area (TPSA) is 46.2 Å². The van der Waals surface area contributed by atoms with Crippen LogP contribution in [0.1, 0.15) is 51.5 Å². The second kappa shape index (κ2) is 7.20. The summed E-state index contributed by atoms with van der Waals surface area (Å²) in [5.41, 5.74) is 0. The zero-order valence-corrected chi connectivity index (χ0v) is 14.0. The summed E-state index contributed by atoms with van der Waals surface area (Å²) in [5.74, 6) is 0.772. The van der Waals surface area contributed by atoms with Gasteiger partial charge in [0, 0.05) is 11.3 Å². The number of hydrogen-bond acceptors (Lipinski definition) is 4. The molecule has 1 saturated carbocycles. The lowest BCUT2D eigenvalue weighted by Crippen LogP contribution is -2.24. The molecule has 0 bridgehead atoms. The van der Waals surface area contributed by atoms with Gasteiger partial charge in [0.15, 0.2) is 0 Å². The molecule has 1 amide bonds. The van der Waals surface area contributed by atoms with Gasteiger partial charge in [-0.3, -0.25) is 9.59 Å². The molecule has 0 unspecified atom stereocenters. The van der Waals surface area contributed by atoms with E-state index >= 15 is 0 Å². The Morgan fingerprint density at radius 1 is 1.14 bits per heavy atom. The maximum absolute atomic E-state index is 12.2. The summed E-state index contributed by atoms with van der Waals surface area (Å²) >= 11 is 2.92. The maximum atomic E-state index is 12.2. The molecule has 1 aliphatic carbocycles. The third-order valence-electron chi connectivity index (χ3n) is 4.04. The van der Waals surface area contributed by atoms with Crippen LogP contribution in [0.5, 0.6) is 0 Å². The van der Waals surface area contributed by atoms with Gasteiger partial charge >= 0.3 is 0 Å². The smallest absolute Gasteiger partial charge is 0.220 e. The van der Waals surface area contributed by atoms with Crippen molar-refractivity contribution in [1.82, 2.24) is 5.32 Å². The van der Waals surface area contributed by atoms with Crippen molar-refractivity contribution >= 4 is 34.4 Å². The van der Waals surface area contributed by atoms with E-state index in [1.807, 2.05) is 29.6 Å². The fraction of sp³-hybridized carbons (Fsp3) is 0.412. The highest BCUT2D eigenvalue weighted by Gasteiger charge is 2.18. The van der Waals surface area contributed by atoms with Crippen molar-refractivity contribution in [3.8, 4) is 0 Å². The van der Waals surface area contributed by atoms with Crippen molar-refractivity contribution in [2.45, 2.75) is 38.6 Å². The second-order valence-corrected chi connectivity index (χ2v) is 7.82. The van der Waals surface area contributed by atoms with Crippen LogP contribution in [-0.4, -0.2) is 11.7 Å². The molecule has 2 heterocycles. The third kappa shape index (κ3) is 3.84. The molecule has 1 aliphatic rings. The van der Waals surface area contributed by atoms with Crippen LogP contribution in [0, 0.1) is 5.92 Å². The van der Waals surface area contributed by atoms with E-state index in [9.17, 15) is 9.59 Å². The Balaban J connectivity index is 1.51. The number of ketones is 1. The number of rotatable bonds is 6. The molecule has 3 rings (SSSR count). The average Bonchev–Trinajstić information content (AvgIpc) is 3.26. The monoisotopic (exact) mass is 333 g/mol. The Hall–Kier alpha value is -1.46. The molecule has 1 fully saturated rings. The predicted octanol–water partition coefficient (Wildman–Crippen LogP) is 4.24. The summed E-state index contributed by atoms with van der Waals surface area (Å²) in [7, 11) is 0. The normalized spacial score (nSPS) is 15.1. The molecule has 116 valence electrons. The fourth-order valence-electron chi connectivity index (χ4n) is 2.86. The largest absolute Gasteiger partial charge is 0.351 e. The summed E-state index contributed by atoms with van der Waals surface area (Å²) < 4.78 is 0. The molecule has 0 radical (unpaired) electrons. The summed E-state index contributed by atoms with van der Waals surface area (Å²) in [6, 6.07) is 7.51. The molecule has 0 atom stereocenters. The molecule has 2 aromatic rings. The van der Waals surface area contributed by atoms with Gasteiger partial charge in [0.05, 0.1) is 16.3 Å². The third-order valence-corrected chi connectivity index (χ3v) is 5.99. The first kappa shape index (κ1) is 15.4. The van der Waals surface area contributed by atoms with Crippen LogP contribution in [0.3, 0.4) is 0 Å². The van der Waals surface area contributed by atoms with Gasteiger partial charge in [-0.25, -0.2) is 0 Å². The van der Waals surface area contributed by atoms with E-state index in [0.29, 0.717) is 18.9 Å². The van der Waals surface area contributed by atoms with Crippen molar-refractivity contribution in [1.29, 1.82) is 0 Å². The first-order valence-corrected chi connectivity index (χ1v) is 9.35. The Kier molecular flexibility index (Phi) is 5.05. The Morgan fingerprint density at radius 2 is 1.95 bits per heavy atom. The highest BCUT2D eigenvalue weighted by molar-refractivity contribution is 7.16. The van der Waals surface area contributed by atoms with Crippen molar-refractivity contribution in [2.24, 2.45) is 5.92 Å². The summed E-state index contributed by atoms with van der Waals surface area (Å²) in [5, 5.41) is 4.88. The first-order valence-electron chi connectivity index (χ1n) is 7.66. The molecule has 0 spiro atoms. The average molecular weight is 333 g/mol. The highest BCUT2D eigenvalue weighted by Crippen LogP contribution is 2.27. The van der Waals surface area contributed by atoms with E-state index in [1.165, 1.54) is 48.4 Å². The maximum Gasteiger partial charge on any atom is 0.220 e. The molecule has 0 aliphatic heterocycles. The minimum absolute atomic E-state index is 0.0727. The van der Waals surface area contributed by atoms with E-state index in [-0.39, 0.29) is 11.7 Å². The molecular formula is C17H19NO2S2. The van der Waals surface area contributed by atoms with Crippen LogP contribution in [-0.2, 0) is 11.3 Å². The van der Waals surface area contributed by atoms with Crippen molar-refractivity contribution in [3.05, 3.63) is 44.3 Å². The van der Waals surface area contributed by atoms with Crippen LogP contribution in [0.4, 0.5) is 0 Å². The van der Waals surface area contributed by atoms with Crippen LogP contribution in [0.25, 0.3) is 0 Å². The summed E-state index contributed by atoms with van der Waals surface area (Å²) in [6.07, 6.45) is 5.54. The molecule has 3 nitrogen and oxygen atoms in total. The summed E-state index contributed by atoms with van der Waals surface area (Å²) in [4.78, 5) is 26.7. The molecule has 5 heteroatoms. The predicted molar refractivity (Wildman–Crippen MR) is 90.5 cm³/mol. The van der Waals surface area contributed by atoms with Crippen LogP contribution in [0.15, 0.2) is 29.6 Å². The lowest BCUT2D eigenvalue weighted by molar-refractivity contribution is -0.122. The van der Waals surface area contributed by atoms with Gasteiger partial charge in [0.2, 0.25) is 11.7 Å². The number of carbonyl (C=O) groups is 2. The minimum atomic E-state index is 0.0727. The quantitative estimate of drug-likeness (QED) is 0.804. The zero-order valence-electron chi connectivity index (χ0n) is 12.3. The van der Waals surface area contributed by atoms with Crippen LogP contribution in [0.2, 0.25) is 0 Å². The molecule has 1 N–H and O–H groups in total. The number of thiophene rings is 2. The van der Waals surface area contributed by atoms with Gasteiger partial charge in [-0.2, -0.15) is 0 Å². The zero-order chi connectivity index (χ0) is 15.4. The number of hydrogen-bond donors (Lipinski definition) is 1. The van der Waals surface area contributed by atoms with Gasteiger partial charge in [-0.15, -0.1) is 22.7 Å². The van der Waals surface area contributed by atoms with Crippen LogP contribution >= 0.6 is 22.7 Å². The minimum Gasteiger partial charge on any atom is -0.351 e. The van der Waals surface area contributed by atoms with Crippen molar-refractivity contribution in [3.63, 3.8) is 0 Å².